The number of nitrogens with one attached hydrogen (secondary N) is 1. The quantitative estimate of drug-likeness (QED) is 0.509. The predicted molar refractivity (Wildman–Crippen MR) is 113 cm³/mol. The molecule has 0 saturated heterocycles. The van der Waals surface area contributed by atoms with Gasteiger partial charge in [-0.1, -0.05) is 54.6 Å². The summed E-state index contributed by atoms with van der Waals surface area (Å²) in [7, 11) is 0. The summed E-state index contributed by atoms with van der Waals surface area (Å²) in [6.07, 6.45) is 8.88. The lowest BCUT2D eigenvalue weighted by molar-refractivity contribution is -0.117. The third-order valence-corrected chi connectivity index (χ3v) is 4.79. The van der Waals surface area contributed by atoms with E-state index in [9.17, 15) is 4.79 Å². The van der Waals surface area contributed by atoms with E-state index in [4.69, 9.17) is 0 Å². The molecule has 1 N–H and O–H groups in total. The van der Waals surface area contributed by atoms with Gasteiger partial charge in [0.15, 0.2) is 0 Å². The van der Waals surface area contributed by atoms with Crippen molar-refractivity contribution < 1.29 is 4.79 Å². The number of rotatable bonds is 5. The van der Waals surface area contributed by atoms with Gasteiger partial charge in [-0.25, -0.2) is 4.98 Å². The molecule has 0 aliphatic rings. The van der Waals surface area contributed by atoms with E-state index in [1.807, 2.05) is 72.3 Å². The van der Waals surface area contributed by atoms with Gasteiger partial charge in [0, 0.05) is 24.2 Å². The Labute approximate surface area is 164 Å². The van der Waals surface area contributed by atoms with Gasteiger partial charge in [-0.2, -0.15) is 0 Å². The zero-order valence-electron chi connectivity index (χ0n) is 15.6. The summed E-state index contributed by atoms with van der Waals surface area (Å²) in [6.45, 7) is 1.98. The van der Waals surface area contributed by atoms with Crippen LogP contribution in [0.5, 0.6) is 0 Å². The first kappa shape index (κ1) is 17.7. The van der Waals surface area contributed by atoms with Gasteiger partial charge in [0.25, 0.3) is 0 Å². The van der Waals surface area contributed by atoms with E-state index < -0.39 is 0 Å². The van der Waals surface area contributed by atoms with Crippen molar-refractivity contribution in [2.24, 2.45) is 0 Å². The highest BCUT2D eigenvalue weighted by Crippen LogP contribution is 2.20. The van der Waals surface area contributed by atoms with Gasteiger partial charge in [0.2, 0.25) is 5.91 Å². The van der Waals surface area contributed by atoms with Crippen LogP contribution in [-0.2, 0) is 4.79 Å². The zero-order valence-corrected chi connectivity index (χ0v) is 15.6. The molecule has 0 aliphatic heterocycles. The van der Waals surface area contributed by atoms with E-state index >= 15 is 0 Å². The highest BCUT2D eigenvalue weighted by atomic mass is 16.1. The summed E-state index contributed by atoms with van der Waals surface area (Å²) in [6, 6.07) is 22.3. The lowest BCUT2D eigenvalue weighted by Gasteiger charge is -2.14. The maximum Gasteiger partial charge on any atom is 0.244 e. The number of carbonyl (C=O) groups excluding carboxylic acids is 1. The molecule has 4 nitrogen and oxygen atoms in total. The Morgan fingerprint density at radius 3 is 2.61 bits per heavy atom. The third-order valence-electron chi connectivity index (χ3n) is 4.79. The van der Waals surface area contributed by atoms with Gasteiger partial charge >= 0.3 is 0 Å². The number of amides is 1. The maximum absolute atomic E-state index is 12.4. The van der Waals surface area contributed by atoms with Crippen molar-refractivity contribution in [3.63, 3.8) is 0 Å². The number of benzene rings is 3. The molecule has 4 aromatic rings. The average molecular weight is 367 g/mol. The van der Waals surface area contributed by atoms with Crippen LogP contribution in [0.2, 0.25) is 0 Å². The summed E-state index contributed by atoms with van der Waals surface area (Å²) in [4.78, 5) is 16.4. The number of aromatic nitrogens is 2. The summed E-state index contributed by atoms with van der Waals surface area (Å²) in [5.74, 6) is -0.112. The molecule has 1 aromatic heterocycles. The standard InChI is InChI=1S/C24H21N3O/c1-18(19-9-12-22(13-10-19)27-16-15-25-17-27)26-24(28)14-11-21-7-4-6-20-5-2-3-8-23(20)21/h2-18H,1H3,(H,26,28). The van der Waals surface area contributed by atoms with E-state index in [1.54, 1.807) is 18.6 Å². The minimum Gasteiger partial charge on any atom is -0.346 e. The van der Waals surface area contributed by atoms with Gasteiger partial charge in [0.05, 0.1) is 12.4 Å². The average Bonchev–Trinajstić information content (AvgIpc) is 3.27. The van der Waals surface area contributed by atoms with Gasteiger partial charge in [-0.3, -0.25) is 4.79 Å². The second-order valence-electron chi connectivity index (χ2n) is 6.69. The summed E-state index contributed by atoms with van der Waals surface area (Å²) >= 11 is 0. The molecule has 4 heteroatoms. The monoisotopic (exact) mass is 367 g/mol. The molecular weight excluding hydrogens is 346 g/mol. The highest BCUT2D eigenvalue weighted by molar-refractivity contribution is 5.96. The van der Waals surface area contributed by atoms with E-state index in [0.717, 1.165) is 27.6 Å². The fourth-order valence-electron chi connectivity index (χ4n) is 3.25. The number of hydrogen-bond donors (Lipinski definition) is 1. The fraction of sp³-hybridized carbons (Fsp3) is 0.0833. The first-order chi connectivity index (χ1) is 13.7. The topological polar surface area (TPSA) is 46.9 Å². The van der Waals surface area contributed by atoms with Crippen molar-refractivity contribution in [1.82, 2.24) is 14.9 Å². The maximum atomic E-state index is 12.4. The van der Waals surface area contributed by atoms with Crippen molar-refractivity contribution in [1.29, 1.82) is 0 Å². The molecule has 0 saturated carbocycles. The van der Waals surface area contributed by atoms with Crippen molar-refractivity contribution in [3.05, 3.63) is 103 Å². The summed E-state index contributed by atoms with van der Waals surface area (Å²) in [5, 5.41) is 5.32. The first-order valence-electron chi connectivity index (χ1n) is 9.25. The Balaban J connectivity index is 1.43. The molecule has 0 aliphatic carbocycles. The zero-order chi connectivity index (χ0) is 19.3. The predicted octanol–water partition coefficient (Wildman–Crippen LogP) is 4.92. The smallest absolute Gasteiger partial charge is 0.244 e. The molecule has 1 atom stereocenters. The molecular formula is C24H21N3O. The highest BCUT2D eigenvalue weighted by Gasteiger charge is 2.08. The second kappa shape index (κ2) is 7.92. The number of carbonyl (C=O) groups is 1. The van der Waals surface area contributed by atoms with Gasteiger partial charge < -0.3 is 9.88 Å². The van der Waals surface area contributed by atoms with Crippen LogP contribution < -0.4 is 5.32 Å². The first-order valence-corrected chi connectivity index (χ1v) is 9.25. The molecule has 4 rings (SSSR count). The SMILES string of the molecule is CC(NC(=O)C=Cc1cccc2ccccc12)c1ccc(-n2ccnc2)cc1. The Bertz CT molecular complexity index is 1110. The van der Waals surface area contributed by atoms with Crippen LogP contribution in [0.1, 0.15) is 24.1 Å². The molecule has 0 radical (unpaired) electrons. The lowest BCUT2D eigenvalue weighted by Crippen LogP contribution is -2.24. The number of fused-ring (bicyclic) bond motifs is 1. The Kier molecular flexibility index (Phi) is 5.02. The molecule has 0 bridgehead atoms. The van der Waals surface area contributed by atoms with Crippen LogP contribution in [0, 0.1) is 0 Å². The molecule has 1 heterocycles. The molecule has 1 amide bonds. The Morgan fingerprint density at radius 2 is 1.82 bits per heavy atom. The number of nitrogens with zero attached hydrogens (tertiary/aromatic N) is 2. The van der Waals surface area contributed by atoms with Crippen molar-refractivity contribution in [2.45, 2.75) is 13.0 Å². The Hall–Kier alpha value is -3.66. The Morgan fingerprint density at radius 1 is 1.04 bits per heavy atom. The number of hydrogen-bond acceptors (Lipinski definition) is 2. The molecule has 28 heavy (non-hydrogen) atoms. The van der Waals surface area contributed by atoms with Gasteiger partial charge in [0.1, 0.15) is 0 Å². The fourth-order valence-corrected chi connectivity index (χ4v) is 3.25. The van der Waals surface area contributed by atoms with Crippen molar-refractivity contribution in [3.8, 4) is 5.69 Å². The normalized spacial score (nSPS) is 12.3. The van der Waals surface area contributed by atoms with E-state index in [2.05, 4.69) is 28.5 Å². The van der Waals surface area contributed by atoms with E-state index in [1.165, 1.54) is 0 Å². The van der Waals surface area contributed by atoms with E-state index in [-0.39, 0.29) is 11.9 Å². The van der Waals surface area contributed by atoms with Gasteiger partial charge in [-0.15, -0.1) is 0 Å². The molecule has 0 spiro atoms. The minimum absolute atomic E-state index is 0.0819. The van der Waals surface area contributed by atoms with Crippen molar-refractivity contribution in [2.75, 3.05) is 0 Å². The van der Waals surface area contributed by atoms with Crippen LogP contribution in [-0.4, -0.2) is 15.5 Å². The van der Waals surface area contributed by atoms with Gasteiger partial charge in [-0.05, 0) is 47.0 Å². The lowest BCUT2D eigenvalue weighted by atomic mass is 10.0. The number of imidazole rings is 1. The third kappa shape index (κ3) is 3.86. The van der Waals surface area contributed by atoms with Crippen LogP contribution in [0.25, 0.3) is 22.5 Å². The van der Waals surface area contributed by atoms with Crippen LogP contribution >= 0.6 is 0 Å². The molecule has 138 valence electrons. The summed E-state index contributed by atoms with van der Waals surface area (Å²) in [5.41, 5.74) is 3.12. The molecule has 0 fully saturated rings. The molecule has 3 aromatic carbocycles. The van der Waals surface area contributed by atoms with Crippen LogP contribution in [0.4, 0.5) is 0 Å². The largest absolute Gasteiger partial charge is 0.346 e. The molecule has 1 unspecified atom stereocenters. The van der Waals surface area contributed by atoms with Crippen molar-refractivity contribution >= 4 is 22.8 Å². The van der Waals surface area contributed by atoms with Crippen LogP contribution in [0.3, 0.4) is 0 Å². The minimum atomic E-state index is -0.112. The van der Waals surface area contributed by atoms with E-state index in [0.29, 0.717) is 0 Å². The summed E-state index contributed by atoms with van der Waals surface area (Å²) < 4.78 is 1.94. The van der Waals surface area contributed by atoms with Crippen LogP contribution in [0.15, 0.2) is 91.5 Å². The second-order valence-corrected chi connectivity index (χ2v) is 6.69.